The van der Waals surface area contributed by atoms with Gasteiger partial charge in [-0.25, -0.2) is 9.97 Å². The van der Waals surface area contributed by atoms with Gasteiger partial charge in [0.25, 0.3) is 0 Å². The van der Waals surface area contributed by atoms with Crippen LogP contribution in [0.3, 0.4) is 0 Å². The third-order valence-corrected chi connectivity index (χ3v) is 8.34. The largest absolute Gasteiger partial charge is 0.416 e. The molecular weight excluding hydrogens is 519 g/mol. The van der Waals surface area contributed by atoms with Gasteiger partial charge < -0.3 is 14.7 Å². The van der Waals surface area contributed by atoms with Crippen molar-refractivity contribution in [2.75, 3.05) is 36.0 Å². The van der Waals surface area contributed by atoms with Crippen molar-refractivity contribution in [2.45, 2.75) is 71.3 Å². The summed E-state index contributed by atoms with van der Waals surface area (Å²) < 4.78 is 43.7. The SMILES string of the molecule is Cc1cc(C)n(CC(=O)N2CCN(c3ccc(C(F)(F)F)c4c3CN(c3cnc(C5CC5)nc3)CC4)C[C@H]2C)n1. The summed E-state index contributed by atoms with van der Waals surface area (Å²) in [6.07, 6.45) is 1.70. The van der Waals surface area contributed by atoms with Crippen LogP contribution in [0, 0.1) is 13.8 Å². The zero-order valence-corrected chi connectivity index (χ0v) is 23.1. The number of nitrogens with zero attached hydrogens (tertiary/aromatic N) is 7. The molecule has 2 aliphatic heterocycles. The monoisotopic (exact) mass is 553 g/mol. The van der Waals surface area contributed by atoms with Crippen LogP contribution in [-0.4, -0.2) is 62.8 Å². The predicted octanol–water partition coefficient (Wildman–Crippen LogP) is 4.49. The highest BCUT2D eigenvalue weighted by atomic mass is 19.4. The summed E-state index contributed by atoms with van der Waals surface area (Å²) in [6.45, 7) is 8.40. The smallest absolute Gasteiger partial charge is 0.367 e. The Morgan fingerprint density at radius 2 is 1.77 bits per heavy atom. The van der Waals surface area contributed by atoms with Gasteiger partial charge in [0.1, 0.15) is 12.4 Å². The van der Waals surface area contributed by atoms with E-state index in [1.54, 1.807) is 23.1 Å². The van der Waals surface area contributed by atoms with E-state index in [0.29, 0.717) is 56.2 Å². The van der Waals surface area contributed by atoms with Gasteiger partial charge in [0.2, 0.25) is 5.91 Å². The molecule has 40 heavy (non-hydrogen) atoms. The molecule has 3 aliphatic rings. The molecule has 1 aliphatic carbocycles. The van der Waals surface area contributed by atoms with E-state index < -0.39 is 11.7 Å². The summed E-state index contributed by atoms with van der Waals surface area (Å²) in [4.78, 5) is 28.3. The number of hydrogen-bond acceptors (Lipinski definition) is 6. The molecule has 2 aromatic heterocycles. The van der Waals surface area contributed by atoms with Crippen LogP contribution in [0.15, 0.2) is 30.6 Å². The highest BCUT2D eigenvalue weighted by molar-refractivity contribution is 5.77. The summed E-state index contributed by atoms with van der Waals surface area (Å²) in [5.41, 5.74) is 3.94. The highest BCUT2D eigenvalue weighted by Gasteiger charge is 2.38. The van der Waals surface area contributed by atoms with Crippen molar-refractivity contribution in [3.8, 4) is 0 Å². The third kappa shape index (κ3) is 5.13. The molecule has 2 fully saturated rings. The predicted molar refractivity (Wildman–Crippen MR) is 145 cm³/mol. The maximum absolute atomic E-state index is 14.0. The van der Waals surface area contributed by atoms with E-state index in [-0.39, 0.29) is 18.5 Å². The topological polar surface area (TPSA) is 70.4 Å². The zero-order valence-electron chi connectivity index (χ0n) is 23.1. The fourth-order valence-electron chi connectivity index (χ4n) is 6.09. The molecule has 1 saturated heterocycles. The molecule has 0 unspecified atom stereocenters. The van der Waals surface area contributed by atoms with Gasteiger partial charge in [0, 0.05) is 56.1 Å². The number of halogens is 3. The van der Waals surface area contributed by atoms with Gasteiger partial charge in [-0.15, -0.1) is 0 Å². The second-order valence-electron chi connectivity index (χ2n) is 11.3. The number of hydrogen-bond donors (Lipinski definition) is 0. The number of aromatic nitrogens is 4. The van der Waals surface area contributed by atoms with Crippen LogP contribution < -0.4 is 9.80 Å². The Labute approximate surface area is 231 Å². The number of fused-ring (bicyclic) bond motifs is 1. The summed E-state index contributed by atoms with van der Waals surface area (Å²) in [6, 6.07) is 4.68. The quantitative estimate of drug-likeness (QED) is 0.464. The van der Waals surface area contributed by atoms with Gasteiger partial charge >= 0.3 is 6.18 Å². The van der Waals surface area contributed by atoms with E-state index in [1.807, 2.05) is 31.7 Å². The molecule has 8 nitrogen and oxygen atoms in total. The van der Waals surface area contributed by atoms with Crippen LogP contribution in [0.4, 0.5) is 24.5 Å². The standard InChI is InChI=1S/C29H34F3N7O/c1-18-12-19(2)39(35-18)17-27(40)38-11-10-37(15-20(38)3)26-7-6-25(29(30,31)32)23-8-9-36(16-24(23)26)22-13-33-28(34-14-22)21-4-5-21/h6-7,12-14,20-21H,4-5,8-11,15-17H2,1-3H3/t20-/m1/s1. The van der Waals surface area contributed by atoms with Crippen LogP contribution in [-0.2, 0) is 30.5 Å². The Kier molecular flexibility index (Phi) is 6.70. The average Bonchev–Trinajstić information content (AvgIpc) is 3.72. The van der Waals surface area contributed by atoms with Gasteiger partial charge in [-0.05, 0) is 69.4 Å². The lowest BCUT2D eigenvalue weighted by atomic mass is 9.91. The first-order valence-electron chi connectivity index (χ1n) is 13.9. The number of rotatable bonds is 5. The molecule has 4 heterocycles. The van der Waals surface area contributed by atoms with E-state index in [0.717, 1.165) is 41.4 Å². The fraction of sp³-hybridized carbons (Fsp3) is 0.517. The molecule has 6 rings (SSSR count). The van der Waals surface area contributed by atoms with Crippen molar-refractivity contribution >= 4 is 17.3 Å². The Morgan fingerprint density at radius 3 is 2.40 bits per heavy atom. The molecule has 1 aromatic carbocycles. The van der Waals surface area contributed by atoms with Crippen LogP contribution >= 0.6 is 0 Å². The normalized spacial score (nSPS) is 19.6. The number of carbonyl (C=O) groups excluding carboxylic acids is 1. The number of alkyl halides is 3. The van der Waals surface area contributed by atoms with E-state index in [1.165, 1.54) is 6.07 Å². The molecule has 3 aromatic rings. The maximum atomic E-state index is 14.0. The van der Waals surface area contributed by atoms with Gasteiger partial charge in [-0.2, -0.15) is 18.3 Å². The van der Waals surface area contributed by atoms with Crippen LogP contribution in [0.25, 0.3) is 0 Å². The zero-order chi connectivity index (χ0) is 28.2. The maximum Gasteiger partial charge on any atom is 0.416 e. The van der Waals surface area contributed by atoms with Gasteiger partial charge in [0.05, 0.1) is 29.3 Å². The minimum Gasteiger partial charge on any atom is -0.367 e. The molecule has 0 bridgehead atoms. The van der Waals surface area contributed by atoms with E-state index in [9.17, 15) is 18.0 Å². The fourth-order valence-corrected chi connectivity index (χ4v) is 6.09. The van der Waals surface area contributed by atoms with Crippen molar-refractivity contribution in [1.82, 2.24) is 24.6 Å². The lowest BCUT2D eigenvalue weighted by Crippen LogP contribution is -2.55. The molecule has 0 radical (unpaired) electrons. The second-order valence-corrected chi connectivity index (χ2v) is 11.3. The van der Waals surface area contributed by atoms with Gasteiger partial charge in [-0.1, -0.05) is 0 Å². The average molecular weight is 554 g/mol. The first kappa shape index (κ1) is 26.6. The molecule has 1 amide bonds. The summed E-state index contributed by atoms with van der Waals surface area (Å²) in [5, 5.41) is 4.41. The number of aryl methyl sites for hydroxylation is 2. The number of piperazine rings is 1. The van der Waals surface area contributed by atoms with Crippen molar-refractivity contribution in [1.29, 1.82) is 0 Å². The Hall–Kier alpha value is -3.63. The van der Waals surface area contributed by atoms with Gasteiger partial charge in [0.15, 0.2) is 0 Å². The highest BCUT2D eigenvalue weighted by Crippen LogP contribution is 2.41. The second kappa shape index (κ2) is 10.1. The molecule has 1 atom stereocenters. The minimum absolute atomic E-state index is 0.00591. The molecule has 0 N–H and O–H groups in total. The van der Waals surface area contributed by atoms with Crippen molar-refractivity contribution in [3.63, 3.8) is 0 Å². The number of carbonyl (C=O) groups is 1. The van der Waals surface area contributed by atoms with Crippen molar-refractivity contribution in [2.24, 2.45) is 0 Å². The minimum atomic E-state index is -4.42. The molecule has 212 valence electrons. The van der Waals surface area contributed by atoms with E-state index >= 15 is 0 Å². The van der Waals surface area contributed by atoms with E-state index in [4.69, 9.17) is 0 Å². The summed E-state index contributed by atoms with van der Waals surface area (Å²) in [7, 11) is 0. The van der Waals surface area contributed by atoms with Crippen molar-refractivity contribution < 1.29 is 18.0 Å². The first-order valence-corrected chi connectivity index (χ1v) is 13.9. The first-order chi connectivity index (χ1) is 19.1. The van der Waals surface area contributed by atoms with Crippen LogP contribution in [0.5, 0.6) is 0 Å². The Bertz CT molecular complexity index is 1410. The molecular formula is C29H34F3N7O. The number of anilines is 2. The lowest BCUT2D eigenvalue weighted by molar-refractivity contribution is -0.138. The van der Waals surface area contributed by atoms with Gasteiger partial charge in [-0.3, -0.25) is 9.48 Å². The Morgan fingerprint density at radius 1 is 1.02 bits per heavy atom. The molecule has 0 spiro atoms. The van der Waals surface area contributed by atoms with Crippen LogP contribution in [0.1, 0.15) is 59.6 Å². The summed E-state index contributed by atoms with van der Waals surface area (Å²) in [5.74, 6) is 1.28. The molecule has 11 heteroatoms. The third-order valence-electron chi connectivity index (χ3n) is 8.34. The van der Waals surface area contributed by atoms with Crippen molar-refractivity contribution in [3.05, 3.63) is 64.5 Å². The summed E-state index contributed by atoms with van der Waals surface area (Å²) >= 11 is 0. The molecule has 1 saturated carbocycles. The Balaban J connectivity index is 1.23. The number of amides is 1. The van der Waals surface area contributed by atoms with Crippen LogP contribution in [0.2, 0.25) is 0 Å². The number of benzene rings is 1. The van der Waals surface area contributed by atoms with E-state index in [2.05, 4.69) is 24.9 Å². The lowest BCUT2D eigenvalue weighted by Gasteiger charge is -2.43.